The lowest BCUT2D eigenvalue weighted by molar-refractivity contribution is -0.134. The van der Waals surface area contributed by atoms with Crippen molar-refractivity contribution in [3.05, 3.63) is 35.9 Å². The molecule has 2 rings (SSSR count). The van der Waals surface area contributed by atoms with Crippen molar-refractivity contribution in [1.29, 1.82) is 0 Å². The maximum absolute atomic E-state index is 12.4. The van der Waals surface area contributed by atoms with E-state index in [9.17, 15) is 19.2 Å². The van der Waals surface area contributed by atoms with Gasteiger partial charge in [0.15, 0.2) is 0 Å². The summed E-state index contributed by atoms with van der Waals surface area (Å²) in [4.78, 5) is 49.2. The number of carbonyl (C=O) groups excluding carboxylic acids is 4. The van der Waals surface area contributed by atoms with Gasteiger partial charge in [-0.15, -0.1) is 0 Å². The zero-order valence-electron chi connectivity index (χ0n) is 18.1. The Morgan fingerprint density at radius 3 is 2.42 bits per heavy atom. The quantitative estimate of drug-likeness (QED) is 0.527. The van der Waals surface area contributed by atoms with Crippen LogP contribution >= 0.6 is 0 Å². The minimum Gasteiger partial charge on any atom is -0.445 e. The molecule has 0 spiro atoms. The molecule has 1 aromatic carbocycles. The molecule has 4 amide bonds. The molecule has 1 heterocycles. The predicted octanol–water partition coefficient (Wildman–Crippen LogP) is 1.15. The van der Waals surface area contributed by atoms with Gasteiger partial charge in [0.05, 0.1) is 6.54 Å². The number of likely N-dealkylation sites (tertiary alicyclic amines) is 1. The summed E-state index contributed by atoms with van der Waals surface area (Å²) in [6, 6.07) is 8.57. The Morgan fingerprint density at radius 2 is 1.74 bits per heavy atom. The third-order valence-corrected chi connectivity index (χ3v) is 4.25. The normalized spacial score (nSPS) is 15.9. The minimum absolute atomic E-state index is 0.121. The van der Waals surface area contributed by atoms with Crippen LogP contribution in [0.2, 0.25) is 0 Å². The maximum Gasteiger partial charge on any atom is 0.408 e. The molecule has 170 valence electrons. The third-order valence-electron chi connectivity index (χ3n) is 4.25. The van der Waals surface area contributed by atoms with E-state index in [-0.39, 0.29) is 38.1 Å². The molecule has 0 aromatic heterocycles. The van der Waals surface area contributed by atoms with Crippen LogP contribution in [0.1, 0.15) is 32.8 Å². The Labute approximate surface area is 181 Å². The first-order chi connectivity index (χ1) is 14.6. The fraction of sp³-hybridized carbons (Fsp3) is 0.524. The summed E-state index contributed by atoms with van der Waals surface area (Å²) in [7, 11) is 0. The molecule has 0 radical (unpaired) electrons. The average molecular weight is 434 g/mol. The lowest BCUT2D eigenvalue weighted by Crippen LogP contribution is -2.46. The van der Waals surface area contributed by atoms with Gasteiger partial charge in [-0.2, -0.15) is 0 Å². The molecule has 3 N–H and O–H groups in total. The molecule has 0 bridgehead atoms. The minimum atomic E-state index is -0.705. The van der Waals surface area contributed by atoms with E-state index >= 15 is 0 Å². The van der Waals surface area contributed by atoms with Crippen molar-refractivity contribution in [2.75, 3.05) is 26.2 Å². The average Bonchev–Trinajstić information content (AvgIpc) is 3.02. The molecule has 1 fully saturated rings. The highest BCUT2D eigenvalue weighted by Crippen LogP contribution is 2.12. The van der Waals surface area contributed by atoms with Crippen LogP contribution in [0.4, 0.5) is 9.59 Å². The zero-order chi connectivity index (χ0) is 22.9. The van der Waals surface area contributed by atoms with Gasteiger partial charge < -0.3 is 30.3 Å². The van der Waals surface area contributed by atoms with Crippen molar-refractivity contribution >= 4 is 24.0 Å². The molecule has 31 heavy (non-hydrogen) atoms. The Morgan fingerprint density at radius 1 is 1.06 bits per heavy atom. The van der Waals surface area contributed by atoms with Crippen LogP contribution in [-0.2, 0) is 25.7 Å². The summed E-state index contributed by atoms with van der Waals surface area (Å²) >= 11 is 0. The van der Waals surface area contributed by atoms with Gasteiger partial charge in [-0.05, 0) is 32.8 Å². The second-order valence-corrected chi connectivity index (χ2v) is 8.09. The number of carbonyl (C=O) groups is 4. The molecule has 1 aliphatic rings. The van der Waals surface area contributed by atoms with Crippen molar-refractivity contribution < 1.29 is 28.7 Å². The first-order valence-corrected chi connectivity index (χ1v) is 10.1. The Kier molecular flexibility index (Phi) is 8.65. The number of nitrogens with one attached hydrogen (secondary N) is 3. The van der Waals surface area contributed by atoms with Crippen LogP contribution in [0, 0.1) is 0 Å². The molecule has 1 saturated heterocycles. The van der Waals surface area contributed by atoms with Crippen molar-refractivity contribution in [1.82, 2.24) is 20.9 Å². The number of rotatable bonds is 8. The van der Waals surface area contributed by atoms with E-state index in [1.165, 1.54) is 4.90 Å². The Hall–Kier alpha value is -3.30. The van der Waals surface area contributed by atoms with Gasteiger partial charge in [0.25, 0.3) is 0 Å². The summed E-state index contributed by atoms with van der Waals surface area (Å²) in [5, 5.41) is 7.70. The summed E-state index contributed by atoms with van der Waals surface area (Å²) < 4.78 is 10.2. The number of amides is 4. The summed E-state index contributed by atoms with van der Waals surface area (Å²) in [5.74, 6) is -0.686. The fourth-order valence-electron chi connectivity index (χ4n) is 2.85. The topological polar surface area (TPSA) is 126 Å². The molecule has 0 unspecified atom stereocenters. The van der Waals surface area contributed by atoms with Crippen LogP contribution in [0.15, 0.2) is 30.3 Å². The first-order valence-electron chi connectivity index (χ1n) is 10.1. The molecule has 1 atom stereocenters. The second-order valence-electron chi connectivity index (χ2n) is 8.09. The molecule has 0 aliphatic carbocycles. The third kappa shape index (κ3) is 8.93. The predicted molar refractivity (Wildman–Crippen MR) is 112 cm³/mol. The van der Waals surface area contributed by atoms with Crippen molar-refractivity contribution in [2.45, 2.75) is 45.4 Å². The van der Waals surface area contributed by atoms with Crippen molar-refractivity contribution in [3.63, 3.8) is 0 Å². The smallest absolute Gasteiger partial charge is 0.408 e. The zero-order valence-corrected chi connectivity index (χ0v) is 18.1. The Bertz CT molecular complexity index is 778. The number of hydrogen-bond acceptors (Lipinski definition) is 6. The number of benzene rings is 1. The van der Waals surface area contributed by atoms with E-state index in [4.69, 9.17) is 9.47 Å². The monoisotopic (exact) mass is 434 g/mol. The molecular weight excluding hydrogens is 404 g/mol. The largest absolute Gasteiger partial charge is 0.445 e. The van der Waals surface area contributed by atoms with E-state index in [0.29, 0.717) is 13.0 Å². The van der Waals surface area contributed by atoms with Crippen molar-refractivity contribution in [3.8, 4) is 0 Å². The number of ether oxygens (including phenoxy) is 2. The lowest BCUT2D eigenvalue weighted by atomic mass is 10.2. The number of hydrogen-bond donors (Lipinski definition) is 3. The number of nitrogens with zero attached hydrogens (tertiary/aromatic N) is 1. The van der Waals surface area contributed by atoms with Crippen LogP contribution in [0.25, 0.3) is 0 Å². The lowest BCUT2D eigenvalue weighted by Gasteiger charge is -2.21. The van der Waals surface area contributed by atoms with Gasteiger partial charge >= 0.3 is 12.2 Å². The fourth-order valence-corrected chi connectivity index (χ4v) is 2.85. The van der Waals surface area contributed by atoms with Gasteiger partial charge in [0.1, 0.15) is 18.2 Å². The van der Waals surface area contributed by atoms with Gasteiger partial charge in [0.2, 0.25) is 11.8 Å². The van der Waals surface area contributed by atoms with Crippen molar-refractivity contribution in [2.24, 2.45) is 0 Å². The van der Waals surface area contributed by atoms with Gasteiger partial charge in [-0.1, -0.05) is 30.3 Å². The molecular formula is C21H30N4O6. The highest BCUT2D eigenvalue weighted by Gasteiger charge is 2.34. The molecule has 0 saturated carbocycles. The van der Waals surface area contributed by atoms with Gasteiger partial charge in [-0.3, -0.25) is 9.59 Å². The second kappa shape index (κ2) is 11.2. The molecule has 10 heteroatoms. The van der Waals surface area contributed by atoms with Crippen LogP contribution in [0.3, 0.4) is 0 Å². The van der Waals surface area contributed by atoms with E-state index in [1.807, 2.05) is 30.3 Å². The number of alkyl carbamates (subject to hydrolysis) is 2. The molecule has 1 aromatic rings. The highest BCUT2D eigenvalue weighted by molar-refractivity contribution is 5.91. The summed E-state index contributed by atoms with van der Waals surface area (Å²) in [6.45, 7) is 5.98. The SMILES string of the molecule is CC(C)(C)OC(=O)N[C@@H]1CCN(CC(=O)NCCNC(=O)OCc2ccccc2)C1=O. The first kappa shape index (κ1) is 24.0. The van der Waals surface area contributed by atoms with Gasteiger partial charge in [0, 0.05) is 19.6 Å². The highest BCUT2D eigenvalue weighted by atomic mass is 16.6. The van der Waals surface area contributed by atoms with Crippen LogP contribution < -0.4 is 16.0 Å². The summed E-state index contributed by atoms with van der Waals surface area (Å²) in [5.41, 5.74) is 0.216. The standard InChI is InChI=1S/C21H30N4O6/c1-21(2,3)31-20(29)24-16-9-12-25(18(16)27)13-17(26)22-10-11-23-19(28)30-14-15-7-5-4-6-8-15/h4-8,16H,9-14H2,1-3H3,(H,22,26)(H,23,28)(H,24,29)/t16-/m1/s1. The van der Waals surface area contributed by atoms with E-state index < -0.39 is 23.8 Å². The van der Waals surface area contributed by atoms with E-state index in [0.717, 1.165) is 5.56 Å². The van der Waals surface area contributed by atoms with E-state index in [2.05, 4.69) is 16.0 Å². The molecule has 1 aliphatic heterocycles. The van der Waals surface area contributed by atoms with Crippen LogP contribution in [0.5, 0.6) is 0 Å². The maximum atomic E-state index is 12.4. The van der Waals surface area contributed by atoms with Crippen LogP contribution in [-0.4, -0.2) is 66.7 Å². The van der Waals surface area contributed by atoms with Gasteiger partial charge in [-0.25, -0.2) is 9.59 Å². The summed E-state index contributed by atoms with van der Waals surface area (Å²) in [6.07, 6.45) is -0.841. The Balaban J connectivity index is 1.60. The van der Waals surface area contributed by atoms with E-state index in [1.54, 1.807) is 20.8 Å². The molecule has 10 nitrogen and oxygen atoms in total.